The molecule has 0 saturated heterocycles. The van der Waals surface area contributed by atoms with E-state index in [0.29, 0.717) is 16.9 Å². The van der Waals surface area contributed by atoms with Gasteiger partial charge in [0.2, 0.25) is 0 Å². The third kappa shape index (κ3) is 3.98. The van der Waals surface area contributed by atoms with Gasteiger partial charge >= 0.3 is 6.18 Å². The SMILES string of the molecule is COc1ccc(C(O)Cc2ccc(C(F)(F)F)cc2)cc1. The van der Waals surface area contributed by atoms with Gasteiger partial charge in [-0.3, -0.25) is 0 Å². The van der Waals surface area contributed by atoms with Crippen molar-refractivity contribution in [2.45, 2.75) is 18.7 Å². The minimum Gasteiger partial charge on any atom is -0.497 e. The number of ether oxygens (including phenoxy) is 1. The maximum absolute atomic E-state index is 12.5. The summed E-state index contributed by atoms with van der Waals surface area (Å²) < 4.78 is 42.4. The fraction of sp³-hybridized carbons (Fsp3) is 0.250. The molecular weight excluding hydrogens is 281 g/mol. The number of methoxy groups -OCH3 is 1. The lowest BCUT2D eigenvalue weighted by atomic mass is 10.0. The highest BCUT2D eigenvalue weighted by Crippen LogP contribution is 2.30. The molecule has 5 heteroatoms. The molecule has 0 aromatic heterocycles. The minimum absolute atomic E-state index is 0.254. The van der Waals surface area contributed by atoms with Gasteiger partial charge in [-0.1, -0.05) is 24.3 Å². The Morgan fingerprint density at radius 2 is 1.57 bits per heavy atom. The maximum atomic E-state index is 12.5. The van der Waals surface area contributed by atoms with Gasteiger partial charge in [-0.15, -0.1) is 0 Å². The van der Waals surface area contributed by atoms with Crippen molar-refractivity contribution < 1.29 is 23.0 Å². The molecule has 112 valence electrons. The van der Waals surface area contributed by atoms with Gasteiger partial charge in [0.05, 0.1) is 18.8 Å². The second kappa shape index (κ2) is 6.18. The molecule has 1 unspecified atom stereocenters. The van der Waals surface area contributed by atoms with Gasteiger partial charge in [-0.05, 0) is 35.4 Å². The number of aliphatic hydroxyl groups excluding tert-OH is 1. The lowest BCUT2D eigenvalue weighted by Crippen LogP contribution is -2.06. The largest absolute Gasteiger partial charge is 0.497 e. The van der Waals surface area contributed by atoms with Gasteiger partial charge in [0.25, 0.3) is 0 Å². The summed E-state index contributed by atoms with van der Waals surface area (Å²) in [6.45, 7) is 0. The molecular formula is C16H15F3O2. The Balaban J connectivity index is 2.06. The number of rotatable bonds is 4. The Morgan fingerprint density at radius 3 is 2.05 bits per heavy atom. The fourth-order valence-corrected chi connectivity index (χ4v) is 2.00. The zero-order valence-corrected chi connectivity index (χ0v) is 11.4. The van der Waals surface area contributed by atoms with Gasteiger partial charge in [0, 0.05) is 6.42 Å². The predicted molar refractivity (Wildman–Crippen MR) is 73.1 cm³/mol. The Labute approximate surface area is 120 Å². The summed E-state index contributed by atoms with van der Waals surface area (Å²) in [5.41, 5.74) is 0.646. The molecule has 0 spiro atoms. The molecule has 1 N–H and O–H groups in total. The Bertz CT molecular complexity index is 574. The van der Waals surface area contributed by atoms with E-state index in [1.807, 2.05) is 0 Å². The predicted octanol–water partition coefficient (Wildman–Crippen LogP) is 3.99. The van der Waals surface area contributed by atoms with Crippen molar-refractivity contribution in [1.82, 2.24) is 0 Å². The van der Waals surface area contributed by atoms with Crippen LogP contribution >= 0.6 is 0 Å². The topological polar surface area (TPSA) is 29.5 Å². The van der Waals surface area contributed by atoms with Crippen molar-refractivity contribution in [1.29, 1.82) is 0 Å². The number of hydrogen-bond donors (Lipinski definition) is 1. The smallest absolute Gasteiger partial charge is 0.416 e. The zero-order chi connectivity index (χ0) is 15.5. The van der Waals surface area contributed by atoms with E-state index in [4.69, 9.17) is 4.74 Å². The summed E-state index contributed by atoms with van der Waals surface area (Å²) in [7, 11) is 1.55. The van der Waals surface area contributed by atoms with Gasteiger partial charge in [0.1, 0.15) is 5.75 Å². The van der Waals surface area contributed by atoms with Crippen LogP contribution in [0, 0.1) is 0 Å². The molecule has 1 atom stereocenters. The second-order valence-corrected chi connectivity index (χ2v) is 4.69. The van der Waals surface area contributed by atoms with Crippen LogP contribution in [0.4, 0.5) is 13.2 Å². The molecule has 0 aliphatic rings. The van der Waals surface area contributed by atoms with Gasteiger partial charge in [-0.25, -0.2) is 0 Å². The summed E-state index contributed by atoms with van der Waals surface area (Å²) >= 11 is 0. The molecule has 0 radical (unpaired) electrons. The van der Waals surface area contributed by atoms with E-state index >= 15 is 0 Å². The number of aliphatic hydroxyl groups is 1. The molecule has 21 heavy (non-hydrogen) atoms. The molecule has 2 rings (SSSR count). The molecule has 2 nitrogen and oxygen atoms in total. The van der Waals surface area contributed by atoms with Gasteiger partial charge in [0.15, 0.2) is 0 Å². The van der Waals surface area contributed by atoms with Crippen LogP contribution in [0.3, 0.4) is 0 Å². The molecule has 0 aliphatic carbocycles. The number of hydrogen-bond acceptors (Lipinski definition) is 2. The van der Waals surface area contributed by atoms with Crippen molar-refractivity contribution in [3.05, 3.63) is 65.2 Å². The van der Waals surface area contributed by atoms with Crippen LogP contribution in [0.15, 0.2) is 48.5 Å². The lowest BCUT2D eigenvalue weighted by molar-refractivity contribution is -0.137. The van der Waals surface area contributed by atoms with E-state index in [1.165, 1.54) is 12.1 Å². The minimum atomic E-state index is -4.34. The van der Waals surface area contributed by atoms with Crippen molar-refractivity contribution >= 4 is 0 Å². The Morgan fingerprint density at radius 1 is 1.00 bits per heavy atom. The molecule has 0 bridgehead atoms. The van der Waals surface area contributed by atoms with Crippen LogP contribution in [0.5, 0.6) is 5.75 Å². The molecule has 0 saturated carbocycles. The quantitative estimate of drug-likeness (QED) is 0.924. The first-order chi connectivity index (χ1) is 9.90. The average Bonchev–Trinajstić information content (AvgIpc) is 2.47. The standard InChI is InChI=1S/C16H15F3O2/c1-21-14-8-4-12(5-9-14)15(20)10-11-2-6-13(7-3-11)16(17,18)19/h2-9,15,20H,10H2,1H3. The van der Waals surface area contributed by atoms with Crippen LogP contribution in [0.1, 0.15) is 22.8 Å². The van der Waals surface area contributed by atoms with Crippen LogP contribution in [-0.2, 0) is 12.6 Å². The monoisotopic (exact) mass is 296 g/mol. The van der Waals surface area contributed by atoms with Gasteiger partial charge < -0.3 is 9.84 Å². The summed E-state index contributed by atoms with van der Waals surface area (Å²) in [5.74, 6) is 0.681. The normalized spacial score (nSPS) is 13.0. The second-order valence-electron chi connectivity index (χ2n) is 4.69. The van der Waals surface area contributed by atoms with Crippen molar-refractivity contribution in [2.24, 2.45) is 0 Å². The fourth-order valence-electron chi connectivity index (χ4n) is 2.00. The Hall–Kier alpha value is -2.01. The highest BCUT2D eigenvalue weighted by Gasteiger charge is 2.29. The first-order valence-corrected chi connectivity index (χ1v) is 6.38. The van der Waals surface area contributed by atoms with E-state index in [1.54, 1.807) is 31.4 Å². The zero-order valence-electron chi connectivity index (χ0n) is 11.4. The molecule has 0 heterocycles. The van der Waals surface area contributed by atoms with E-state index < -0.39 is 17.8 Å². The van der Waals surface area contributed by atoms with Crippen molar-refractivity contribution in [2.75, 3.05) is 7.11 Å². The summed E-state index contributed by atoms with van der Waals surface area (Å²) in [6.07, 6.45) is -4.86. The first kappa shape index (κ1) is 15.4. The van der Waals surface area contributed by atoms with Crippen LogP contribution in [-0.4, -0.2) is 12.2 Å². The average molecular weight is 296 g/mol. The molecule has 2 aromatic carbocycles. The highest BCUT2D eigenvalue weighted by molar-refractivity contribution is 5.30. The first-order valence-electron chi connectivity index (χ1n) is 6.38. The van der Waals surface area contributed by atoms with Crippen molar-refractivity contribution in [3.8, 4) is 5.75 Å². The maximum Gasteiger partial charge on any atom is 0.416 e. The van der Waals surface area contributed by atoms with Crippen LogP contribution < -0.4 is 4.74 Å². The number of halogens is 3. The van der Waals surface area contributed by atoms with E-state index in [-0.39, 0.29) is 6.42 Å². The number of alkyl halides is 3. The molecule has 0 amide bonds. The molecule has 0 aliphatic heterocycles. The van der Waals surface area contributed by atoms with E-state index in [0.717, 1.165) is 12.1 Å². The summed E-state index contributed by atoms with van der Waals surface area (Å²) in [5, 5.41) is 10.1. The molecule has 0 fully saturated rings. The van der Waals surface area contributed by atoms with Crippen LogP contribution in [0.25, 0.3) is 0 Å². The van der Waals surface area contributed by atoms with E-state index in [2.05, 4.69) is 0 Å². The number of benzene rings is 2. The van der Waals surface area contributed by atoms with Crippen molar-refractivity contribution in [3.63, 3.8) is 0 Å². The summed E-state index contributed by atoms with van der Waals surface area (Å²) in [4.78, 5) is 0. The van der Waals surface area contributed by atoms with Crippen LogP contribution in [0.2, 0.25) is 0 Å². The summed E-state index contributed by atoms with van der Waals surface area (Å²) in [6, 6.07) is 11.7. The third-order valence-electron chi connectivity index (χ3n) is 3.21. The highest BCUT2D eigenvalue weighted by atomic mass is 19.4. The van der Waals surface area contributed by atoms with Gasteiger partial charge in [-0.2, -0.15) is 13.2 Å². The molecule has 2 aromatic rings. The third-order valence-corrected chi connectivity index (χ3v) is 3.21. The van der Waals surface area contributed by atoms with E-state index in [9.17, 15) is 18.3 Å². The lowest BCUT2D eigenvalue weighted by Gasteiger charge is -2.13. The Kier molecular flexibility index (Phi) is 4.53.